The molecule has 118 valence electrons. The van der Waals surface area contributed by atoms with Gasteiger partial charge >= 0.3 is 0 Å². The summed E-state index contributed by atoms with van der Waals surface area (Å²) in [6.07, 6.45) is 0.675. The highest BCUT2D eigenvalue weighted by atomic mass is 32.2. The van der Waals surface area contributed by atoms with E-state index in [2.05, 4.69) is 11.0 Å². The molecule has 2 aromatic rings. The van der Waals surface area contributed by atoms with E-state index in [1.165, 1.54) is 17.0 Å². The van der Waals surface area contributed by atoms with E-state index < -0.39 is 9.84 Å². The number of nitrogens with zero attached hydrogens (tertiary/aromatic N) is 1. The third-order valence-electron chi connectivity index (χ3n) is 3.96. The second-order valence-corrected chi connectivity index (χ2v) is 8.93. The van der Waals surface area contributed by atoms with Crippen LogP contribution in [0.1, 0.15) is 16.9 Å². The minimum Gasteiger partial charge on any atom is -0.290 e. The molecule has 0 saturated carbocycles. The van der Waals surface area contributed by atoms with Gasteiger partial charge in [-0.1, -0.05) is 18.2 Å². The van der Waals surface area contributed by atoms with Crippen LogP contribution in [0.5, 0.6) is 0 Å². The highest BCUT2D eigenvalue weighted by molar-refractivity contribution is 7.91. The van der Waals surface area contributed by atoms with Gasteiger partial charge in [0.25, 0.3) is 0 Å². The fraction of sp³-hybridized carbons (Fsp3) is 0.375. The van der Waals surface area contributed by atoms with E-state index in [0.717, 1.165) is 12.1 Å². The lowest BCUT2D eigenvalue weighted by Gasteiger charge is -2.27. The zero-order valence-electron chi connectivity index (χ0n) is 12.1. The molecule has 0 amide bonds. The molecule has 1 aliphatic rings. The van der Waals surface area contributed by atoms with Crippen LogP contribution >= 0.6 is 11.3 Å². The third kappa shape index (κ3) is 3.94. The topological polar surface area (TPSA) is 37.4 Å². The molecule has 0 N–H and O–H groups in total. The zero-order chi connectivity index (χ0) is 15.6. The number of hydrogen-bond donors (Lipinski definition) is 0. The second-order valence-electron chi connectivity index (χ2n) is 5.67. The molecule has 1 atom stereocenters. The average Bonchev–Trinajstić information content (AvgIpc) is 3.10. The van der Waals surface area contributed by atoms with Crippen molar-refractivity contribution >= 4 is 21.2 Å². The van der Waals surface area contributed by atoms with Crippen LogP contribution in [0.2, 0.25) is 0 Å². The number of rotatable bonds is 5. The Morgan fingerprint density at radius 2 is 1.95 bits per heavy atom. The molecule has 0 unspecified atom stereocenters. The Balaban J connectivity index is 1.78. The first-order valence-electron chi connectivity index (χ1n) is 7.23. The average molecular weight is 339 g/mol. The smallest absolute Gasteiger partial charge is 0.151 e. The maximum absolute atomic E-state index is 13.0. The summed E-state index contributed by atoms with van der Waals surface area (Å²) >= 11 is 1.67. The Morgan fingerprint density at radius 1 is 1.18 bits per heavy atom. The molecule has 1 aromatic carbocycles. The van der Waals surface area contributed by atoms with Crippen LogP contribution in [0, 0.1) is 5.82 Å². The van der Waals surface area contributed by atoms with Crippen molar-refractivity contribution in [3.63, 3.8) is 0 Å². The van der Waals surface area contributed by atoms with E-state index in [0.29, 0.717) is 13.0 Å². The molecule has 0 spiro atoms. The quantitative estimate of drug-likeness (QED) is 0.840. The summed E-state index contributed by atoms with van der Waals surface area (Å²) in [5.41, 5.74) is 1.00. The largest absolute Gasteiger partial charge is 0.290 e. The zero-order valence-corrected chi connectivity index (χ0v) is 13.7. The Morgan fingerprint density at radius 3 is 2.55 bits per heavy atom. The Labute approximate surface area is 134 Å². The fourth-order valence-corrected chi connectivity index (χ4v) is 5.30. The van der Waals surface area contributed by atoms with E-state index in [-0.39, 0.29) is 23.4 Å². The molecule has 2 heterocycles. The van der Waals surface area contributed by atoms with Gasteiger partial charge in [-0.15, -0.1) is 11.3 Å². The SMILES string of the molecule is O=S1(=O)CC[C@@H](N(Cc2ccc(F)cc2)Cc2cccs2)C1. The first-order valence-corrected chi connectivity index (χ1v) is 9.93. The van der Waals surface area contributed by atoms with Crippen molar-refractivity contribution in [1.29, 1.82) is 0 Å². The van der Waals surface area contributed by atoms with Gasteiger partial charge in [0.05, 0.1) is 11.5 Å². The maximum atomic E-state index is 13.0. The van der Waals surface area contributed by atoms with Crippen LogP contribution in [-0.2, 0) is 22.9 Å². The van der Waals surface area contributed by atoms with E-state index >= 15 is 0 Å². The van der Waals surface area contributed by atoms with Gasteiger partial charge in [-0.3, -0.25) is 4.90 Å². The van der Waals surface area contributed by atoms with Crippen LogP contribution in [0.15, 0.2) is 41.8 Å². The standard InChI is InChI=1S/C16H18FNO2S2/c17-14-5-3-13(4-6-14)10-18(11-16-2-1-8-21-16)15-7-9-22(19,20)12-15/h1-6,8,15H,7,9-12H2/t15-/m1/s1. The maximum Gasteiger partial charge on any atom is 0.151 e. The summed E-state index contributed by atoms with van der Waals surface area (Å²) in [6, 6.07) is 10.5. The summed E-state index contributed by atoms with van der Waals surface area (Å²) in [5, 5.41) is 2.02. The van der Waals surface area contributed by atoms with E-state index in [9.17, 15) is 12.8 Å². The Hall–Kier alpha value is -1.24. The summed E-state index contributed by atoms with van der Waals surface area (Å²) in [7, 11) is -2.92. The van der Waals surface area contributed by atoms with E-state index in [1.807, 2.05) is 11.4 Å². The third-order valence-corrected chi connectivity index (χ3v) is 6.57. The first kappa shape index (κ1) is 15.6. The van der Waals surface area contributed by atoms with Crippen LogP contribution in [0.4, 0.5) is 4.39 Å². The molecule has 1 fully saturated rings. The van der Waals surface area contributed by atoms with Crippen molar-refractivity contribution in [2.24, 2.45) is 0 Å². The minimum absolute atomic E-state index is 0.0390. The Bertz CT molecular complexity index is 711. The molecule has 3 nitrogen and oxygen atoms in total. The van der Waals surface area contributed by atoms with Crippen molar-refractivity contribution in [3.05, 3.63) is 58.0 Å². The highest BCUT2D eigenvalue weighted by Crippen LogP contribution is 2.23. The number of sulfone groups is 1. The van der Waals surface area contributed by atoms with Crippen molar-refractivity contribution in [2.75, 3.05) is 11.5 Å². The van der Waals surface area contributed by atoms with Gasteiger partial charge in [0.15, 0.2) is 9.84 Å². The van der Waals surface area contributed by atoms with E-state index in [4.69, 9.17) is 0 Å². The monoisotopic (exact) mass is 339 g/mol. The molecule has 0 radical (unpaired) electrons. The second kappa shape index (κ2) is 6.48. The lowest BCUT2D eigenvalue weighted by Crippen LogP contribution is -2.35. The van der Waals surface area contributed by atoms with Crippen LogP contribution in [-0.4, -0.2) is 30.9 Å². The highest BCUT2D eigenvalue weighted by Gasteiger charge is 2.32. The van der Waals surface area contributed by atoms with Crippen LogP contribution in [0.3, 0.4) is 0 Å². The van der Waals surface area contributed by atoms with Crippen LogP contribution in [0.25, 0.3) is 0 Å². The number of halogens is 1. The molecule has 0 bridgehead atoms. The molecule has 0 aliphatic carbocycles. The first-order chi connectivity index (χ1) is 10.5. The van der Waals surface area contributed by atoms with Gasteiger partial charge in [-0.25, -0.2) is 12.8 Å². The van der Waals surface area contributed by atoms with Crippen molar-refractivity contribution in [2.45, 2.75) is 25.6 Å². The predicted octanol–water partition coefficient (Wildman–Crippen LogP) is 3.08. The van der Waals surface area contributed by atoms with Crippen molar-refractivity contribution in [1.82, 2.24) is 4.90 Å². The van der Waals surface area contributed by atoms with Gasteiger partial charge in [-0.2, -0.15) is 0 Å². The van der Waals surface area contributed by atoms with Crippen molar-refractivity contribution < 1.29 is 12.8 Å². The summed E-state index contributed by atoms with van der Waals surface area (Å²) in [5.74, 6) is 0.235. The lowest BCUT2D eigenvalue weighted by atomic mass is 10.1. The van der Waals surface area contributed by atoms with Gasteiger partial charge in [0, 0.05) is 24.0 Å². The van der Waals surface area contributed by atoms with Crippen molar-refractivity contribution in [3.8, 4) is 0 Å². The van der Waals surface area contributed by atoms with Gasteiger partial charge in [0.1, 0.15) is 5.82 Å². The number of hydrogen-bond acceptors (Lipinski definition) is 4. The fourth-order valence-electron chi connectivity index (χ4n) is 2.80. The summed E-state index contributed by atoms with van der Waals surface area (Å²) in [4.78, 5) is 3.41. The predicted molar refractivity (Wildman–Crippen MR) is 87.0 cm³/mol. The number of thiophene rings is 1. The molecular weight excluding hydrogens is 321 g/mol. The molecule has 1 aromatic heterocycles. The normalized spacial score (nSPS) is 20.5. The molecule has 1 saturated heterocycles. The molecule has 22 heavy (non-hydrogen) atoms. The molecule has 3 rings (SSSR count). The summed E-state index contributed by atoms with van der Waals surface area (Å²) in [6.45, 7) is 1.37. The molecular formula is C16H18FNO2S2. The molecule has 6 heteroatoms. The summed E-state index contributed by atoms with van der Waals surface area (Å²) < 4.78 is 36.6. The number of benzene rings is 1. The Kier molecular flexibility index (Phi) is 4.61. The van der Waals surface area contributed by atoms with Gasteiger partial charge in [-0.05, 0) is 35.6 Å². The van der Waals surface area contributed by atoms with Gasteiger partial charge < -0.3 is 0 Å². The van der Waals surface area contributed by atoms with Gasteiger partial charge in [0.2, 0.25) is 0 Å². The van der Waals surface area contributed by atoms with Crippen LogP contribution < -0.4 is 0 Å². The minimum atomic E-state index is -2.92. The van der Waals surface area contributed by atoms with E-state index in [1.54, 1.807) is 23.5 Å². The lowest BCUT2D eigenvalue weighted by molar-refractivity contribution is 0.196. The molecule has 1 aliphatic heterocycles.